The van der Waals surface area contributed by atoms with Gasteiger partial charge >= 0.3 is 0 Å². The normalized spacial score (nSPS) is 12.0. The molecule has 2 heterocycles. The number of anilines is 1. The largest absolute Gasteiger partial charge is 0.322 e. The maximum Gasteiger partial charge on any atom is 0.292 e. The summed E-state index contributed by atoms with van der Waals surface area (Å²) in [5, 5.41) is 2.93. The highest BCUT2D eigenvalue weighted by atomic mass is 16.1. The summed E-state index contributed by atoms with van der Waals surface area (Å²) in [6.07, 6.45) is 3.95. The first-order chi connectivity index (χ1) is 12.7. The van der Waals surface area contributed by atoms with E-state index in [1.165, 1.54) is 0 Å². The zero-order valence-electron chi connectivity index (χ0n) is 13.7. The van der Waals surface area contributed by atoms with Crippen molar-refractivity contribution in [1.29, 1.82) is 0 Å². The van der Waals surface area contributed by atoms with E-state index in [2.05, 4.69) is 15.3 Å². The van der Waals surface area contributed by atoms with E-state index >= 15 is 0 Å². The minimum Gasteiger partial charge on any atom is -0.322 e. The van der Waals surface area contributed by atoms with Gasteiger partial charge in [-0.15, -0.1) is 0 Å². The molecule has 0 bridgehead atoms. The van der Waals surface area contributed by atoms with E-state index in [1.807, 2.05) is 48.5 Å². The molecule has 0 atom stereocenters. The number of H-pyrrole nitrogens is 1. The van der Waals surface area contributed by atoms with Crippen LogP contribution in [0.25, 0.3) is 16.9 Å². The van der Waals surface area contributed by atoms with Gasteiger partial charge in [-0.05, 0) is 23.8 Å². The van der Waals surface area contributed by atoms with E-state index in [1.54, 1.807) is 16.8 Å². The third-order valence-corrected chi connectivity index (χ3v) is 4.73. The number of hydrogen-bond acceptors (Lipinski definition) is 3. The summed E-state index contributed by atoms with van der Waals surface area (Å²) in [7, 11) is 0. The molecule has 6 nitrogen and oxygen atoms in total. The Kier molecular flexibility index (Phi) is 3.05. The van der Waals surface area contributed by atoms with E-state index in [0.717, 1.165) is 28.2 Å². The monoisotopic (exact) mass is 342 g/mol. The summed E-state index contributed by atoms with van der Waals surface area (Å²) < 4.78 is 1.80. The van der Waals surface area contributed by atoms with Crippen LogP contribution in [0.5, 0.6) is 0 Å². The molecule has 0 radical (unpaired) electrons. The van der Waals surface area contributed by atoms with Crippen molar-refractivity contribution in [3.63, 3.8) is 0 Å². The van der Waals surface area contributed by atoms with Crippen LogP contribution < -0.4 is 10.9 Å². The van der Waals surface area contributed by atoms with Crippen LogP contribution in [0.1, 0.15) is 21.6 Å². The second-order valence-electron chi connectivity index (χ2n) is 6.23. The van der Waals surface area contributed by atoms with Crippen LogP contribution in [0.3, 0.4) is 0 Å². The quantitative estimate of drug-likeness (QED) is 0.518. The molecular weight excluding hydrogens is 328 g/mol. The van der Waals surface area contributed by atoms with Crippen molar-refractivity contribution in [2.75, 3.05) is 5.32 Å². The molecular formula is C20H14N4O2. The van der Waals surface area contributed by atoms with Crippen molar-refractivity contribution in [2.45, 2.75) is 6.42 Å². The smallest absolute Gasteiger partial charge is 0.292 e. The van der Waals surface area contributed by atoms with Crippen LogP contribution >= 0.6 is 0 Å². The maximum atomic E-state index is 12.8. The number of para-hydroxylation sites is 1. The van der Waals surface area contributed by atoms with Crippen LogP contribution in [0.15, 0.2) is 65.7 Å². The fourth-order valence-electron chi connectivity index (χ4n) is 3.56. The number of benzene rings is 2. The second-order valence-corrected chi connectivity index (χ2v) is 6.23. The Hall–Kier alpha value is -3.67. The average molecular weight is 342 g/mol. The lowest BCUT2D eigenvalue weighted by atomic mass is 10.0. The van der Waals surface area contributed by atoms with Gasteiger partial charge < -0.3 is 10.3 Å². The highest BCUT2D eigenvalue weighted by Crippen LogP contribution is 2.36. The fourth-order valence-corrected chi connectivity index (χ4v) is 3.56. The lowest BCUT2D eigenvalue weighted by Crippen LogP contribution is -2.14. The lowest BCUT2D eigenvalue weighted by Gasteiger charge is -2.09. The molecule has 0 saturated heterocycles. The van der Waals surface area contributed by atoms with Gasteiger partial charge in [-0.1, -0.05) is 30.3 Å². The number of hydrogen-bond donors (Lipinski definition) is 2. The summed E-state index contributed by atoms with van der Waals surface area (Å²) in [6, 6.07) is 14.9. The van der Waals surface area contributed by atoms with E-state index in [-0.39, 0.29) is 11.5 Å². The molecule has 2 aromatic heterocycles. The average Bonchev–Trinajstić information content (AvgIpc) is 3.27. The Bertz CT molecular complexity index is 1220. The first kappa shape index (κ1) is 14.7. The number of fused-ring (bicyclic) bond motifs is 5. The summed E-state index contributed by atoms with van der Waals surface area (Å²) in [5.41, 5.74) is 4.97. The van der Waals surface area contributed by atoms with Crippen LogP contribution in [-0.4, -0.2) is 20.3 Å². The van der Waals surface area contributed by atoms with Crippen LogP contribution in [-0.2, 0) is 6.42 Å². The van der Waals surface area contributed by atoms with Crippen molar-refractivity contribution < 1.29 is 4.79 Å². The Morgan fingerprint density at radius 2 is 1.96 bits per heavy atom. The molecule has 0 fully saturated rings. The molecule has 0 aliphatic heterocycles. The van der Waals surface area contributed by atoms with Crippen LogP contribution in [0.2, 0.25) is 0 Å². The molecule has 26 heavy (non-hydrogen) atoms. The van der Waals surface area contributed by atoms with E-state index in [9.17, 15) is 9.59 Å². The fraction of sp³-hybridized carbons (Fsp3) is 0.0500. The van der Waals surface area contributed by atoms with Crippen molar-refractivity contribution in [1.82, 2.24) is 14.4 Å². The van der Waals surface area contributed by atoms with Gasteiger partial charge in [0.25, 0.3) is 11.5 Å². The molecule has 0 unspecified atom stereocenters. The number of carbonyl (C=O) groups is 1. The Morgan fingerprint density at radius 3 is 2.81 bits per heavy atom. The number of nitrogens with one attached hydrogen (secondary N) is 2. The molecule has 5 rings (SSSR count). The minimum absolute atomic E-state index is 0.162. The van der Waals surface area contributed by atoms with Gasteiger partial charge in [-0.3, -0.25) is 14.0 Å². The summed E-state index contributed by atoms with van der Waals surface area (Å²) in [6.45, 7) is 0. The van der Waals surface area contributed by atoms with Crippen molar-refractivity contribution in [3.05, 3.63) is 88.1 Å². The molecule has 1 amide bonds. The van der Waals surface area contributed by atoms with Crippen molar-refractivity contribution >= 4 is 17.2 Å². The van der Waals surface area contributed by atoms with Crippen LogP contribution in [0, 0.1) is 0 Å². The zero-order valence-corrected chi connectivity index (χ0v) is 13.7. The van der Waals surface area contributed by atoms with Gasteiger partial charge in [0.05, 0.1) is 11.4 Å². The molecule has 1 aliphatic carbocycles. The minimum atomic E-state index is -0.235. The summed E-state index contributed by atoms with van der Waals surface area (Å²) in [5.74, 6) is -0.162. The highest BCUT2D eigenvalue weighted by molar-refractivity contribution is 6.07. The van der Waals surface area contributed by atoms with E-state index in [4.69, 9.17) is 0 Å². The Labute approximate surface area is 148 Å². The number of rotatable bonds is 2. The summed E-state index contributed by atoms with van der Waals surface area (Å²) in [4.78, 5) is 32.1. The lowest BCUT2D eigenvalue weighted by molar-refractivity contribution is 0.102. The molecule has 2 N–H and O–H groups in total. The predicted molar refractivity (Wildman–Crippen MR) is 98.4 cm³/mol. The molecule has 126 valence electrons. The zero-order chi connectivity index (χ0) is 17.7. The molecule has 4 aromatic rings. The Morgan fingerprint density at radius 1 is 1.12 bits per heavy atom. The van der Waals surface area contributed by atoms with Gasteiger partial charge in [0.15, 0.2) is 0 Å². The second kappa shape index (κ2) is 5.42. The number of imidazole rings is 1. The number of aromatic amines is 1. The number of nitrogens with zero attached hydrogens (tertiary/aromatic N) is 2. The molecule has 6 heteroatoms. The van der Waals surface area contributed by atoms with E-state index < -0.39 is 0 Å². The third kappa shape index (κ3) is 2.09. The topological polar surface area (TPSA) is 79.3 Å². The van der Waals surface area contributed by atoms with Gasteiger partial charge in [-0.2, -0.15) is 0 Å². The van der Waals surface area contributed by atoms with Crippen LogP contribution in [0.4, 0.5) is 5.69 Å². The maximum absolute atomic E-state index is 12.8. The Balaban J connectivity index is 1.62. The van der Waals surface area contributed by atoms with Crippen molar-refractivity contribution in [2.24, 2.45) is 0 Å². The molecule has 1 aliphatic rings. The van der Waals surface area contributed by atoms with E-state index in [0.29, 0.717) is 17.6 Å². The first-order valence-electron chi connectivity index (χ1n) is 8.29. The first-order valence-corrected chi connectivity index (χ1v) is 8.29. The third-order valence-electron chi connectivity index (χ3n) is 4.73. The van der Waals surface area contributed by atoms with Crippen molar-refractivity contribution in [3.8, 4) is 11.3 Å². The van der Waals surface area contributed by atoms with Gasteiger partial charge in [0.1, 0.15) is 0 Å². The SMILES string of the molecule is O=C(Nc1ccccc1)c1cccc2c1Cc1c-2[nH]c(=O)c2nccn12. The van der Waals surface area contributed by atoms with Gasteiger partial charge in [-0.25, -0.2) is 4.98 Å². The number of amides is 1. The number of aromatic nitrogens is 3. The predicted octanol–water partition coefficient (Wildman–Crippen LogP) is 2.85. The van der Waals surface area contributed by atoms with Gasteiger partial charge in [0.2, 0.25) is 5.65 Å². The summed E-state index contributed by atoms with van der Waals surface area (Å²) >= 11 is 0. The highest BCUT2D eigenvalue weighted by Gasteiger charge is 2.27. The molecule has 0 spiro atoms. The van der Waals surface area contributed by atoms with Gasteiger partial charge in [0, 0.05) is 35.6 Å². The number of carbonyl (C=O) groups excluding carboxylic acids is 1. The molecule has 2 aromatic carbocycles. The standard InChI is InChI=1S/C20H14N4O2/c25-19(22-12-5-2-1-3-6-12)14-8-4-7-13-15(14)11-16-17(13)23-20(26)18-21-9-10-24(16)18/h1-10H,11H2,(H,22,25)(H,23,26). The molecule has 0 saturated carbocycles.